The molecule has 0 bridgehead atoms. The molecule has 0 saturated heterocycles. The van der Waals surface area contributed by atoms with E-state index in [2.05, 4.69) is 0 Å². The molecule has 7 heavy (non-hydrogen) atoms. The van der Waals surface area contributed by atoms with Crippen LogP contribution in [0, 0.1) is 0 Å². The maximum Gasteiger partial charge on any atom is 0.0601 e. The van der Waals surface area contributed by atoms with Crippen LogP contribution in [0.5, 0.6) is 0 Å². The van der Waals surface area contributed by atoms with Gasteiger partial charge in [-0.05, 0) is 0 Å². The van der Waals surface area contributed by atoms with Gasteiger partial charge in [-0.15, -0.1) is 11.8 Å². The molecule has 4 N–H and O–H groups in total. The quantitative estimate of drug-likeness (QED) is 0.432. The number of hydrogen-bond acceptors (Lipinski definition) is 3. The van der Waals surface area contributed by atoms with Crippen molar-refractivity contribution < 1.29 is 0 Å². The first-order valence-electron chi connectivity index (χ1n) is 2.47. The van der Waals surface area contributed by atoms with Gasteiger partial charge in [0.25, 0.3) is 0 Å². The van der Waals surface area contributed by atoms with Gasteiger partial charge in [0.15, 0.2) is 0 Å². The predicted molar refractivity (Wildman–Crippen MR) is 38.9 cm³/mol. The van der Waals surface area contributed by atoms with E-state index in [-0.39, 0.29) is 0 Å². The van der Waals surface area contributed by atoms with E-state index < -0.39 is 8.53 Å². The molecule has 2 nitrogen and oxygen atoms in total. The van der Waals surface area contributed by atoms with E-state index in [1.165, 1.54) is 0 Å². The van der Waals surface area contributed by atoms with E-state index >= 15 is 0 Å². The van der Waals surface area contributed by atoms with Crippen LogP contribution in [0.25, 0.3) is 0 Å². The molecule has 0 aliphatic heterocycles. The second kappa shape index (κ2) is 6.70. The molecule has 1 unspecified atom stereocenters. The van der Waals surface area contributed by atoms with Crippen molar-refractivity contribution in [3.8, 4) is 0 Å². The summed E-state index contributed by atoms with van der Waals surface area (Å²) in [5.41, 5.74) is 11.2. The molecule has 4 heteroatoms. The average Bonchev–Trinajstić information content (AvgIpc) is 1.83. The fraction of sp³-hybridized carbons (Fsp3) is 1.00. The maximum atomic E-state index is 7.19. The molecule has 0 radical (unpaired) electrons. The smallest absolute Gasteiger partial charge is 0.0601 e. The third-order valence-electron chi connectivity index (χ3n) is 0.430. The Morgan fingerprint density at radius 1 is 1.71 bits per heavy atom. The maximum absolute atomic E-state index is 7.19. The summed E-state index contributed by atoms with van der Waals surface area (Å²) in [7, 11) is -0.673. The highest BCUT2D eigenvalue weighted by molar-refractivity contribution is 8.03. The van der Waals surface area contributed by atoms with Crippen molar-refractivity contribution in [1.29, 1.82) is 1.28 Å². The van der Waals surface area contributed by atoms with Crippen molar-refractivity contribution in [2.45, 2.75) is 0 Å². The van der Waals surface area contributed by atoms with E-state index in [1.54, 1.807) is 11.8 Å². The highest BCUT2D eigenvalue weighted by atomic mass is 32.2. The number of nitrogens with two attached hydrogens (primary N) is 2. The van der Waals surface area contributed by atoms with E-state index in [9.17, 15) is 0 Å². The Morgan fingerprint density at radius 3 is 2.86 bits per heavy atom. The first-order chi connectivity index (χ1) is 3.81. The van der Waals surface area contributed by atoms with Crippen LogP contribution >= 0.6 is 20.3 Å². The molecule has 0 spiro atoms. The van der Waals surface area contributed by atoms with Crippen LogP contribution < -0.4 is 11.5 Å². The average molecular weight is 139 g/mol. The first-order valence-corrected chi connectivity index (χ1v) is 4.45. The van der Waals surface area contributed by atoms with Gasteiger partial charge in [-0.25, -0.2) is 0 Å². The summed E-state index contributed by atoms with van der Waals surface area (Å²) in [6.07, 6.45) is 0.502. The Morgan fingerprint density at radius 2 is 2.43 bits per heavy atom. The molecule has 0 fully saturated rings. The molecule has 0 heterocycles. The molecule has 0 aromatic rings. The fourth-order valence-corrected chi connectivity index (χ4v) is 1.53. The van der Waals surface area contributed by atoms with Crippen molar-refractivity contribution in [3.05, 3.63) is 0 Å². The number of thioether (sulfide) groups is 1. The molecule has 0 aromatic carbocycles. The van der Waals surface area contributed by atoms with Crippen molar-refractivity contribution in [2.75, 3.05) is 17.7 Å². The zero-order chi connectivity index (χ0) is 6.41. The van der Waals surface area contributed by atoms with Crippen LogP contribution in [0.4, 0.5) is 0 Å². The minimum Gasteiger partial charge on any atom is -0.327 e. The molecule has 0 rings (SSSR count). The van der Waals surface area contributed by atoms with E-state index in [4.69, 9.17) is 12.7 Å². The third kappa shape index (κ3) is 6.70. The van der Waals surface area contributed by atoms with E-state index in [0.29, 0.717) is 12.2 Å². The van der Waals surface area contributed by atoms with Crippen LogP contribution in [0.2, 0.25) is 0 Å². The molecule has 0 amide bonds. The predicted octanol–water partition coefficient (Wildman–Crippen LogP) is 0.188. The summed E-state index contributed by atoms with van der Waals surface area (Å²) in [4.78, 5) is 0. The lowest BCUT2D eigenvalue weighted by Crippen LogP contribution is -1.94. The molecule has 44 valence electrons. The Balaban J connectivity index is 2.86. The second-order valence-corrected chi connectivity index (χ2v) is 3.49. The minimum atomic E-state index is -0.673. The molecule has 0 aliphatic carbocycles. The summed E-state index contributed by atoms with van der Waals surface area (Å²) in [6, 6.07) is 0. The summed E-state index contributed by atoms with van der Waals surface area (Å²) < 4.78 is 7.19. The van der Waals surface area contributed by atoms with Crippen molar-refractivity contribution in [3.63, 3.8) is 0 Å². The molecule has 0 aliphatic rings. The molecular weight excluding hydrogens is 127 g/mol. The third-order valence-corrected chi connectivity index (χ3v) is 2.38. The summed E-state index contributed by atoms with van der Waals surface area (Å²) in [6.45, 7) is 0. The highest BCUT2D eigenvalue weighted by Crippen LogP contribution is 2.13. The zero-order valence-corrected chi connectivity index (χ0v) is 5.84. The van der Waals surface area contributed by atoms with Gasteiger partial charge in [0.05, 0.1) is 1.28 Å². The van der Waals surface area contributed by atoms with Gasteiger partial charge in [0, 0.05) is 17.7 Å². The Hall–Kier alpha value is 0.700. The number of rotatable bonds is 4. The van der Waals surface area contributed by atoms with Crippen LogP contribution in [-0.4, -0.2) is 18.9 Å². The zero-order valence-electron chi connectivity index (χ0n) is 5.13. The van der Waals surface area contributed by atoms with Gasteiger partial charge >= 0.3 is 0 Å². The lowest BCUT2D eigenvalue weighted by atomic mass is 11.5. The van der Waals surface area contributed by atoms with Gasteiger partial charge in [-0.2, -0.15) is 0 Å². The minimum absolute atomic E-state index is 0.502. The van der Waals surface area contributed by atoms with Gasteiger partial charge in [-0.1, -0.05) is 8.53 Å². The highest BCUT2D eigenvalue weighted by Gasteiger charge is 1.79. The van der Waals surface area contributed by atoms with E-state index in [1.807, 2.05) is 0 Å². The summed E-state index contributed by atoms with van der Waals surface area (Å²) in [5, 5.41) is 0. The molecular formula is C3H11N2PS. The lowest BCUT2D eigenvalue weighted by Gasteiger charge is -1.92. The Labute approximate surface area is 51.5 Å². The monoisotopic (exact) mass is 139 g/mol. The van der Waals surface area contributed by atoms with Gasteiger partial charge in [0.1, 0.15) is 0 Å². The van der Waals surface area contributed by atoms with Gasteiger partial charge in [0.2, 0.25) is 0 Å². The van der Waals surface area contributed by atoms with Gasteiger partial charge in [-0.3, -0.25) is 0 Å². The normalized spacial score (nSPS) is 16.0. The molecule has 1 atom stereocenters. The fourth-order valence-electron chi connectivity index (χ4n) is 0.170. The van der Waals surface area contributed by atoms with Crippen LogP contribution in [-0.2, 0) is 0 Å². The number of hydrogen-bond donors (Lipinski definition) is 2. The van der Waals surface area contributed by atoms with Gasteiger partial charge < -0.3 is 11.5 Å². The van der Waals surface area contributed by atoms with E-state index in [0.717, 1.165) is 5.49 Å². The summed E-state index contributed by atoms with van der Waals surface area (Å²) in [5.74, 6) is 0.609. The summed E-state index contributed by atoms with van der Waals surface area (Å²) >= 11 is 1.58. The van der Waals surface area contributed by atoms with Crippen LogP contribution in [0.15, 0.2) is 0 Å². The Bertz CT molecular complexity index is 56.5. The van der Waals surface area contributed by atoms with Crippen molar-refractivity contribution in [1.82, 2.24) is 0 Å². The largest absolute Gasteiger partial charge is 0.327 e. The Kier molecular flexibility index (Phi) is 5.58. The lowest BCUT2D eigenvalue weighted by molar-refractivity contribution is 1.38. The second-order valence-electron chi connectivity index (χ2n) is 0.906. The first kappa shape index (κ1) is 5.83. The van der Waals surface area contributed by atoms with Crippen LogP contribution in [0.3, 0.4) is 0 Å². The standard InChI is InChI=1S/C3H11N2PS/c4-1-6-3-7-2-5/h6H,1-5H2/i6D. The van der Waals surface area contributed by atoms with Crippen molar-refractivity contribution >= 4 is 20.3 Å². The topological polar surface area (TPSA) is 52.0 Å². The molecule has 0 saturated carbocycles. The van der Waals surface area contributed by atoms with Crippen molar-refractivity contribution in [2.24, 2.45) is 11.5 Å². The van der Waals surface area contributed by atoms with Crippen LogP contribution in [0.1, 0.15) is 0 Å². The molecule has 0 aromatic heterocycles. The SMILES string of the molecule is [2H]P(CN)CSCN.